The summed E-state index contributed by atoms with van der Waals surface area (Å²) in [5.74, 6) is 0.309. The summed E-state index contributed by atoms with van der Waals surface area (Å²) in [6, 6.07) is 4.79. The first kappa shape index (κ1) is 16.1. The van der Waals surface area contributed by atoms with Gasteiger partial charge in [-0.1, -0.05) is 26.2 Å². The predicted molar refractivity (Wildman–Crippen MR) is 83.8 cm³/mol. The van der Waals surface area contributed by atoms with Crippen LogP contribution in [0.2, 0.25) is 0 Å². The molecule has 1 fully saturated rings. The molecular formula is C15H24N2O3S. The number of anilines is 1. The Labute approximate surface area is 127 Å². The van der Waals surface area contributed by atoms with Gasteiger partial charge in [-0.3, -0.25) is 0 Å². The summed E-state index contributed by atoms with van der Waals surface area (Å²) in [6.45, 7) is 2.36. The molecule has 0 heterocycles. The Bertz CT molecular complexity index is 581. The number of hydrogen-bond acceptors (Lipinski definition) is 4. The second-order valence-electron chi connectivity index (χ2n) is 5.41. The van der Waals surface area contributed by atoms with Gasteiger partial charge in [0, 0.05) is 24.3 Å². The van der Waals surface area contributed by atoms with E-state index in [1.54, 1.807) is 16.4 Å². The molecule has 0 aliphatic heterocycles. The Balaban J connectivity index is 2.39. The summed E-state index contributed by atoms with van der Waals surface area (Å²) in [6.07, 6.45) is 5.25. The average Bonchev–Trinajstić information content (AvgIpc) is 2.48. The van der Waals surface area contributed by atoms with Gasteiger partial charge in [-0.15, -0.1) is 0 Å². The molecule has 1 aromatic rings. The highest BCUT2D eigenvalue weighted by Gasteiger charge is 2.33. The van der Waals surface area contributed by atoms with Gasteiger partial charge in [0.1, 0.15) is 10.6 Å². The molecule has 2 rings (SSSR count). The van der Waals surface area contributed by atoms with Gasteiger partial charge in [-0.25, -0.2) is 8.42 Å². The second-order valence-corrected chi connectivity index (χ2v) is 7.27. The molecule has 0 atom stereocenters. The molecule has 0 bridgehead atoms. The van der Waals surface area contributed by atoms with Crippen LogP contribution in [-0.4, -0.2) is 32.4 Å². The van der Waals surface area contributed by atoms with Crippen LogP contribution in [0.15, 0.2) is 23.1 Å². The van der Waals surface area contributed by atoms with E-state index in [0.717, 1.165) is 25.7 Å². The lowest BCUT2D eigenvalue weighted by Crippen LogP contribution is -2.41. The molecule has 0 amide bonds. The van der Waals surface area contributed by atoms with Crippen molar-refractivity contribution in [3.05, 3.63) is 18.2 Å². The van der Waals surface area contributed by atoms with Gasteiger partial charge in [-0.05, 0) is 25.0 Å². The van der Waals surface area contributed by atoms with Crippen LogP contribution in [-0.2, 0) is 10.0 Å². The minimum atomic E-state index is -3.56. The highest BCUT2D eigenvalue weighted by atomic mass is 32.2. The maximum Gasteiger partial charge on any atom is 0.247 e. The molecule has 0 unspecified atom stereocenters. The number of benzene rings is 1. The van der Waals surface area contributed by atoms with Crippen molar-refractivity contribution in [2.45, 2.75) is 50.0 Å². The van der Waals surface area contributed by atoms with Gasteiger partial charge in [0.15, 0.2) is 0 Å². The molecule has 118 valence electrons. The first-order chi connectivity index (χ1) is 10.0. The quantitative estimate of drug-likeness (QED) is 0.848. The molecule has 6 heteroatoms. The largest absolute Gasteiger partial charge is 0.495 e. The van der Waals surface area contributed by atoms with Crippen LogP contribution in [0, 0.1) is 0 Å². The van der Waals surface area contributed by atoms with Crippen LogP contribution < -0.4 is 10.5 Å². The van der Waals surface area contributed by atoms with Crippen molar-refractivity contribution >= 4 is 15.7 Å². The van der Waals surface area contributed by atoms with Gasteiger partial charge in [0.05, 0.1) is 7.11 Å². The van der Waals surface area contributed by atoms with Crippen LogP contribution in [0.4, 0.5) is 5.69 Å². The van der Waals surface area contributed by atoms with E-state index in [1.807, 2.05) is 6.92 Å². The van der Waals surface area contributed by atoms with Crippen molar-refractivity contribution < 1.29 is 13.2 Å². The summed E-state index contributed by atoms with van der Waals surface area (Å²) < 4.78 is 32.7. The minimum Gasteiger partial charge on any atom is -0.495 e. The lowest BCUT2D eigenvalue weighted by Gasteiger charge is -2.32. The molecule has 1 saturated carbocycles. The molecule has 0 saturated heterocycles. The van der Waals surface area contributed by atoms with Crippen molar-refractivity contribution in [1.82, 2.24) is 4.31 Å². The standard InChI is InChI=1S/C15H24N2O3S/c1-3-17(13-7-5-4-6-8-13)21(18,19)15-10-9-12(16)11-14(15)20-2/h9-11,13H,3-8,16H2,1-2H3. The van der Waals surface area contributed by atoms with Crippen molar-refractivity contribution in [2.24, 2.45) is 0 Å². The van der Waals surface area contributed by atoms with Gasteiger partial charge >= 0.3 is 0 Å². The Morgan fingerprint density at radius 3 is 2.52 bits per heavy atom. The fraction of sp³-hybridized carbons (Fsp3) is 0.600. The van der Waals surface area contributed by atoms with Crippen LogP contribution >= 0.6 is 0 Å². The summed E-state index contributed by atoms with van der Waals surface area (Å²) in [5, 5.41) is 0. The zero-order chi connectivity index (χ0) is 15.5. The SMILES string of the molecule is CCN(C1CCCCC1)S(=O)(=O)c1ccc(N)cc1OC. The topological polar surface area (TPSA) is 72.6 Å². The monoisotopic (exact) mass is 312 g/mol. The average molecular weight is 312 g/mol. The second kappa shape index (κ2) is 6.66. The summed E-state index contributed by atoms with van der Waals surface area (Å²) in [4.78, 5) is 0.201. The molecule has 1 aromatic carbocycles. The smallest absolute Gasteiger partial charge is 0.247 e. The Morgan fingerprint density at radius 1 is 1.29 bits per heavy atom. The van der Waals surface area contributed by atoms with Crippen molar-refractivity contribution in [2.75, 3.05) is 19.4 Å². The number of methoxy groups -OCH3 is 1. The lowest BCUT2D eigenvalue weighted by molar-refractivity contribution is 0.260. The zero-order valence-electron chi connectivity index (χ0n) is 12.7. The first-order valence-corrected chi connectivity index (χ1v) is 8.90. The zero-order valence-corrected chi connectivity index (χ0v) is 13.5. The van der Waals surface area contributed by atoms with E-state index in [4.69, 9.17) is 10.5 Å². The Hall–Kier alpha value is -1.27. The van der Waals surface area contributed by atoms with E-state index in [-0.39, 0.29) is 10.9 Å². The molecule has 1 aliphatic carbocycles. The summed E-state index contributed by atoms with van der Waals surface area (Å²) >= 11 is 0. The normalized spacial score (nSPS) is 17.1. The third-order valence-electron chi connectivity index (χ3n) is 4.07. The number of rotatable bonds is 5. The van der Waals surface area contributed by atoms with E-state index in [2.05, 4.69) is 0 Å². The fourth-order valence-corrected chi connectivity index (χ4v) is 4.85. The molecule has 0 spiro atoms. The van der Waals surface area contributed by atoms with Crippen molar-refractivity contribution in [3.8, 4) is 5.75 Å². The van der Waals surface area contributed by atoms with Crippen molar-refractivity contribution in [3.63, 3.8) is 0 Å². The van der Waals surface area contributed by atoms with Gasteiger partial charge in [0.2, 0.25) is 10.0 Å². The van der Waals surface area contributed by atoms with Gasteiger partial charge < -0.3 is 10.5 Å². The fourth-order valence-electron chi connectivity index (χ4n) is 3.02. The maximum absolute atomic E-state index is 13.0. The molecule has 0 aromatic heterocycles. The summed E-state index contributed by atoms with van der Waals surface area (Å²) in [5.41, 5.74) is 6.20. The third-order valence-corrected chi connectivity index (χ3v) is 6.13. The highest BCUT2D eigenvalue weighted by molar-refractivity contribution is 7.89. The number of nitrogens with zero attached hydrogens (tertiary/aromatic N) is 1. The van der Waals surface area contributed by atoms with Crippen LogP contribution in [0.3, 0.4) is 0 Å². The number of nitrogen functional groups attached to an aromatic ring is 1. The van der Waals surface area contributed by atoms with Crippen LogP contribution in [0.1, 0.15) is 39.0 Å². The van der Waals surface area contributed by atoms with Gasteiger partial charge in [0.25, 0.3) is 0 Å². The van der Waals surface area contributed by atoms with Crippen LogP contribution in [0.5, 0.6) is 5.75 Å². The number of hydrogen-bond donors (Lipinski definition) is 1. The summed E-state index contributed by atoms with van der Waals surface area (Å²) in [7, 11) is -2.09. The molecule has 21 heavy (non-hydrogen) atoms. The third kappa shape index (κ3) is 3.32. The number of ether oxygens (including phenoxy) is 1. The number of sulfonamides is 1. The Morgan fingerprint density at radius 2 is 1.95 bits per heavy atom. The van der Waals surface area contributed by atoms with E-state index < -0.39 is 10.0 Å². The minimum absolute atomic E-state index is 0.0935. The van der Waals surface area contributed by atoms with E-state index in [0.29, 0.717) is 18.0 Å². The number of nitrogens with two attached hydrogens (primary N) is 1. The van der Waals surface area contributed by atoms with Gasteiger partial charge in [-0.2, -0.15) is 4.31 Å². The molecule has 5 nitrogen and oxygen atoms in total. The van der Waals surface area contributed by atoms with E-state index in [9.17, 15) is 8.42 Å². The molecular weight excluding hydrogens is 288 g/mol. The molecule has 2 N–H and O–H groups in total. The molecule has 0 radical (unpaired) electrons. The van der Waals surface area contributed by atoms with E-state index >= 15 is 0 Å². The van der Waals surface area contributed by atoms with Crippen LogP contribution in [0.25, 0.3) is 0 Å². The Kier molecular flexibility index (Phi) is 5.11. The maximum atomic E-state index is 13.0. The first-order valence-electron chi connectivity index (χ1n) is 7.46. The van der Waals surface area contributed by atoms with E-state index in [1.165, 1.54) is 19.6 Å². The van der Waals surface area contributed by atoms with Crippen molar-refractivity contribution in [1.29, 1.82) is 0 Å². The highest BCUT2D eigenvalue weighted by Crippen LogP contribution is 2.32. The molecule has 1 aliphatic rings. The lowest BCUT2D eigenvalue weighted by atomic mass is 9.95. The predicted octanol–water partition coefficient (Wildman–Crippen LogP) is 2.62.